The second-order valence-electron chi connectivity index (χ2n) is 7.02. The third-order valence-electron chi connectivity index (χ3n) is 5.12. The molecule has 0 radical (unpaired) electrons. The topological polar surface area (TPSA) is 55.1 Å². The van der Waals surface area contributed by atoms with E-state index in [0.717, 1.165) is 12.8 Å². The Morgan fingerprint density at radius 2 is 1.56 bits per heavy atom. The van der Waals surface area contributed by atoms with Gasteiger partial charge in [0.1, 0.15) is 0 Å². The van der Waals surface area contributed by atoms with E-state index in [9.17, 15) is 4.79 Å². The Labute approximate surface area is 156 Å². The lowest BCUT2D eigenvalue weighted by Gasteiger charge is -2.30. The van der Waals surface area contributed by atoms with Gasteiger partial charge >= 0.3 is 0 Å². The van der Waals surface area contributed by atoms with E-state index in [4.69, 9.17) is 5.73 Å². The molecular weight excluding hydrogens is 332 g/mol. The van der Waals surface area contributed by atoms with E-state index in [1.54, 1.807) is 0 Å². The van der Waals surface area contributed by atoms with Crippen LogP contribution in [-0.2, 0) is 4.79 Å². The van der Waals surface area contributed by atoms with Crippen molar-refractivity contribution in [2.45, 2.75) is 37.6 Å². The summed E-state index contributed by atoms with van der Waals surface area (Å²) >= 11 is 0. The van der Waals surface area contributed by atoms with Gasteiger partial charge in [-0.05, 0) is 36.8 Å². The molecule has 0 aromatic heterocycles. The lowest BCUT2D eigenvalue weighted by atomic mass is 9.87. The maximum absolute atomic E-state index is 12.7. The second-order valence-corrected chi connectivity index (χ2v) is 7.02. The van der Waals surface area contributed by atoms with Gasteiger partial charge in [0, 0.05) is 18.9 Å². The first-order valence-corrected chi connectivity index (χ1v) is 8.73. The Kier molecular flexibility index (Phi) is 6.63. The van der Waals surface area contributed by atoms with Crippen LogP contribution in [0, 0.1) is 5.92 Å². The van der Waals surface area contributed by atoms with Crippen LogP contribution in [0.4, 0.5) is 0 Å². The summed E-state index contributed by atoms with van der Waals surface area (Å²) in [5, 5.41) is 3.21. The van der Waals surface area contributed by atoms with Crippen LogP contribution in [-0.4, -0.2) is 18.0 Å². The molecule has 0 heterocycles. The summed E-state index contributed by atoms with van der Waals surface area (Å²) in [6, 6.07) is 20.5. The Hall–Kier alpha value is -1.84. The number of hydrogen-bond acceptors (Lipinski definition) is 2. The summed E-state index contributed by atoms with van der Waals surface area (Å²) in [5.74, 6) is 0.666. The highest BCUT2D eigenvalue weighted by molar-refractivity contribution is 5.85. The van der Waals surface area contributed by atoms with Gasteiger partial charge in [0.05, 0.1) is 5.54 Å². The van der Waals surface area contributed by atoms with E-state index >= 15 is 0 Å². The van der Waals surface area contributed by atoms with E-state index < -0.39 is 0 Å². The molecule has 1 aliphatic rings. The average Bonchev–Trinajstić information content (AvgIpc) is 3.47. The van der Waals surface area contributed by atoms with Crippen LogP contribution >= 0.6 is 12.4 Å². The zero-order chi connectivity index (χ0) is 17.0. The van der Waals surface area contributed by atoms with Gasteiger partial charge in [0.2, 0.25) is 5.91 Å². The van der Waals surface area contributed by atoms with Crippen LogP contribution in [0.1, 0.15) is 43.2 Å². The molecule has 3 N–H and O–H groups in total. The van der Waals surface area contributed by atoms with Crippen molar-refractivity contribution < 1.29 is 4.79 Å². The van der Waals surface area contributed by atoms with Crippen molar-refractivity contribution in [1.29, 1.82) is 0 Å². The van der Waals surface area contributed by atoms with Crippen LogP contribution in [0.25, 0.3) is 0 Å². The van der Waals surface area contributed by atoms with Gasteiger partial charge in [-0.3, -0.25) is 4.79 Å². The number of amides is 1. The maximum atomic E-state index is 12.7. The van der Waals surface area contributed by atoms with E-state index in [0.29, 0.717) is 18.9 Å². The lowest BCUT2D eigenvalue weighted by molar-refractivity contribution is -0.123. The third-order valence-corrected chi connectivity index (χ3v) is 5.12. The summed E-state index contributed by atoms with van der Waals surface area (Å²) in [7, 11) is 0. The molecule has 3 nitrogen and oxygen atoms in total. The minimum absolute atomic E-state index is 0. The minimum atomic E-state index is -0.269. The van der Waals surface area contributed by atoms with Crippen LogP contribution in [0.5, 0.6) is 0 Å². The lowest BCUT2D eigenvalue weighted by Crippen LogP contribution is -2.53. The van der Waals surface area contributed by atoms with Gasteiger partial charge in [0.15, 0.2) is 0 Å². The fraction of sp³-hybridized carbons (Fsp3) is 0.381. The fourth-order valence-electron chi connectivity index (χ4n) is 3.39. The molecule has 1 saturated carbocycles. The Morgan fingerprint density at radius 1 is 1.08 bits per heavy atom. The van der Waals surface area contributed by atoms with E-state index in [1.807, 2.05) is 36.4 Å². The highest BCUT2D eigenvalue weighted by atomic mass is 35.5. The van der Waals surface area contributed by atoms with Gasteiger partial charge in [0.25, 0.3) is 0 Å². The van der Waals surface area contributed by atoms with Gasteiger partial charge in [-0.15, -0.1) is 12.4 Å². The van der Waals surface area contributed by atoms with Crippen LogP contribution in [0.2, 0.25) is 0 Å². The zero-order valence-corrected chi connectivity index (χ0v) is 15.5. The van der Waals surface area contributed by atoms with E-state index in [-0.39, 0.29) is 29.8 Å². The molecular formula is C21H27ClN2O. The molecule has 0 bridgehead atoms. The molecule has 25 heavy (non-hydrogen) atoms. The molecule has 1 fully saturated rings. The molecule has 2 aromatic carbocycles. The normalized spacial score (nSPS) is 16.0. The number of nitrogens with two attached hydrogens (primary N) is 1. The monoisotopic (exact) mass is 358 g/mol. The average molecular weight is 359 g/mol. The Bertz CT molecular complexity index is 633. The van der Waals surface area contributed by atoms with Crippen molar-refractivity contribution in [3.63, 3.8) is 0 Å². The molecule has 134 valence electrons. The van der Waals surface area contributed by atoms with Crippen LogP contribution in [0.15, 0.2) is 60.7 Å². The highest BCUT2D eigenvalue weighted by Gasteiger charge is 2.41. The predicted octanol–water partition coefficient (Wildman–Crippen LogP) is 3.87. The zero-order valence-electron chi connectivity index (χ0n) is 14.7. The first-order valence-electron chi connectivity index (χ1n) is 8.73. The summed E-state index contributed by atoms with van der Waals surface area (Å²) in [4.78, 5) is 12.7. The quantitative estimate of drug-likeness (QED) is 0.789. The largest absolute Gasteiger partial charge is 0.349 e. The van der Waals surface area contributed by atoms with Crippen molar-refractivity contribution in [3.05, 3.63) is 71.8 Å². The summed E-state index contributed by atoms with van der Waals surface area (Å²) < 4.78 is 0. The minimum Gasteiger partial charge on any atom is -0.349 e. The van der Waals surface area contributed by atoms with Gasteiger partial charge < -0.3 is 11.1 Å². The molecule has 0 aliphatic heterocycles. The molecule has 1 atom stereocenters. The molecule has 4 heteroatoms. The van der Waals surface area contributed by atoms with Crippen molar-refractivity contribution in [3.8, 4) is 0 Å². The summed E-state index contributed by atoms with van der Waals surface area (Å²) in [5.41, 5.74) is 8.00. The highest BCUT2D eigenvalue weighted by Crippen LogP contribution is 2.39. The van der Waals surface area contributed by atoms with Gasteiger partial charge in [-0.25, -0.2) is 0 Å². The number of halogens is 1. The van der Waals surface area contributed by atoms with Crippen molar-refractivity contribution >= 4 is 18.3 Å². The second kappa shape index (κ2) is 8.50. The summed E-state index contributed by atoms with van der Waals surface area (Å²) in [6.07, 6.45) is 2.76. The molecule has 2 aromatic rings. The Balaban J connectivity index is 0.00000225. The van der Waals surface area contributed by atoms with Crippen LogP contribution < -0.4 is 11.1 Å². The number of nitrogens with one attached hydrogen (secondary N) is 1. The van der Waals surface area contributed by atoms with E-state index in [2.05, 4.69) is 36.5 Å². The first-order chi connectivity index (χ1) is 11.6. The van der Waals surface area contributed by atoms with Crippen LogP contribution in [0.3, 0.4) is 0 Å². The smallest absolute Gasteiger partial charge is 0.221 e. The summed E-state index contributed by atoms with van der Waals surface area (Å²) in [6.45, 7) is 2.56. The fourth-order valence-corrected chi connectivity index (χ4v) is 3.39. The number of carbonyl (C=O) groups is 1. The molecule has 1 amide bonds. The first kappa shape index (κ1) is 19.5. The standard InChI is InChI=1S/C21H26N2O.ClH/c1-21(15-22,18-12-13-18)23-20(24)14-19(16-8-4-2-5-9-16)17-10-6-3-7-11-17;/h2-11,18-19H,12-15,22H2,1H3,(H,23,24);1H. The van der Waals surface area contributed by atoms with Gasteiger partial charge in [-0.2, -0.15) is 0 Å². The third kappa shape index (κ3) is 4.83. The predicted molar refractivity (Wildman–Crippen MR) is 105 cm³/mol. The Morgan fingerprint density at radius 3 is 1.96 bits per heavy atom. The molecule has 0 spiro atoms. The molecule has 1 unspecified atom stereocenters. The van der Waals surface area contributed by atoms with E-state index in [1.165, 1.54) is 11.1 Å². The van der Waals surface area contributed by atoms with Crippen molar-refractivity contribution in [1.82, 2.24) is 5.32 Å². The molecule has 1 aliphatic carbocycles. The molecule has 3 rings (SSSR count). The van der Waals surface area contributed by atoms with Crippen molar-refractivity contribution in [2.24, 2.45) is 11.7 Å². The van der Waals surface area contributed by atoms with Gasteiger partial charge in [-0.1, -0.05) is 60.7 Å². The van der Waals surface area contributed by atoms with Crippen molar-refractivity contribution in [2.75, 3.05) is 6.54 Å². The number of carbonyl (C=O) groups excluding carboxylic acids is 1. The SMILES string of the molecule is CC(CN)(NC(=O)CC(c1ccccc1)c1ccccc1)C1CC1.Cl. The molecule has 0 saturated heterocycles. The number of benzene rings is 2. The number of rotatable bonds is 7. The number of hydrogen-bond donors (Lipinski definition) is 2. The maximum Gasteiger partial charge on any atom is 0.221 e.